The molecule has 19 heavy (non-hydrogen) atoms. The molecule has 0 spiro atoms. The van der Waals surface area contributed by atoms with Gasteiger partial charge in [0, 0.05) is 6.20 Å². The van der Waals surface area contributed by atoms with Crippen molar-refractivity contribution in [2.75, 3.05) is 11.1 Å². The highest BCUT2D eigenvalue weighted by atomic mass is 35.5. The van der Waals surface area contributed by atoms with Gasteiger partial charge in [-0.3, -0.25) is 0 Å². The highest BCUT2D eigenvalue weighted by Crippen LogP contribution is 2.34. The van der Waals surface area contributed by atoms with Crippen LogP contribution in [0.4, 0.5) is 17.2 Å². The van der Waals surface area contributed by atoms with Crippen LogP contribution in [0, 0.1) is 11.3 Å². The molecule has 0 atom stereocenters. The molecule has 1 aromatic carbocycles. The van der Waals surface area contributed by atoms with Gasteiger partial charge in [-0.2, -0.15) is 5.26 Å². The predicted molar refractivity (Wildman–Crippen MR) is 78.1 cm³/mol. The largest absolute Gasteiger partial charge is 0.396 e. The number of nitrogens with one attached hydrogen (secondary N) is 1. The average molecular weight is 314 g/mol. The van der Waals surface area contributed by atoms with Crippen LogP contribution in [0.2, 0.25) is 15.1 Å². The number of hydrogen-bond acceptors (Lipinski definition) is 4. The fourth-order valence-corrected chi connectivity index (χ4v) is 1.99. The minimum atomic E-state index is 0.334. The molecule has 0 aliphatic carbocycles. The smallest absolute Gasteiger partial charge is 0.153 e. The first-order valence-corrected chi connectivity index (χ1v) is 6.22. The van der Waals surface area contributed by atoms with E-state index in [0.29, 0.717) is 37.8 Å². The van der Waals surface area contributed by atoms with Crippen molar-refractivity contribution in [2.45, 2.75) is 0 Å². The number of pyridine rings is 1. The van der Waals surface area contributed by atoms with Crippen LogP contribution < -0.4 is 11.1 Å². The molecule has 3 N–H and O–H groups in total. The summed E-state index contributed by atoms with van der Waals surface area (Å²) in [5.41, 5.74) is 7.02. The van der Waals surface area contributed by atoms with E-state index in [9.17, 15) is 0 Å². The average Bonchev–Trinajstić information content (AvgIpc) is 2.38. The monoisotopic (exact) mass is 312 g/mol. The number of nitrogen functional groups attached to an aromatic ring is 1. The molecule has 4 nitrogen and oxygen atoms in total. The maximum absolute atomic E-state index is 8.73. The van der Waals surface area contributed by atoms with Crippen molar-refractivity contribution >= 4 is 52.0 Å². The van der Waals surface area contributed by atoms with E-state index in [0.717, 1.165) is 0 Å². The number of nitrogens with two attached hydrogens (primary N) is 1. The van der Waals surface area contributed by atoms with E-state index in [4.69, 9.17) is 45.8 Å². The third-order valence-corrected chi connectivity index (χ3v) is 3.34. The Hall–Kier alpha value is -1.67. The molecular formula is C12H7Cl3N4. The van der Waals surface area contributed by atoms with Gasteiger partial charge in [-0.05, 0) is 18.2 Å². The number of nitrogens with zero attached hydrogens (tertiary/aromatic N) is 2. The maximum atomic E-state index is 8.73. The van der Waals surface area contributed by atoms with E-state index in [2.05, 4.69) is 10.3 Å². The van der Waals surface area contributed by atoms with E-state index >= 15 is 0 Å². The highest BCUT2D eigenvalue weighted by Gasteiger charge is 2.09. The van der Waals surface area contributed by atoms with Crippen molar-refractivity contribution in [1.82, 2.24) is 4.98 Å². The number of anilines is 3. The number of rotatable bonds is 2. The van der Waals surface area contributed by atoms with Crippen LogP contribution in [0.3, 0.4) is 0 Å². The van der Waals surface area contributed by atoms with Gasteiger partial charge in [0.1, 0.15) is 6.07 Å². The van der Waals surface area contributed by atoms with Crippen LogP contribution in [0.5, 0.6) is 0 Å². The number of hydrogen-bond donors (Lipinski definition) is 2. The molecule has 0 unspecified atom stereocenters. The molecule has 96 valence electrons. The lowest BCUT2D eigenvalue weighted by Gasteiger charge is -2.11. The third-order valence-electron chi connectivity index (χ3n) is 2.31. The van der Waals surface area contributed by atoms with Crippen LogP contribution in [0.15, 0.2) is 24.4 Å². The van der Waals surface area contributed by atoms with Gasteiger partial charge in [0.15, 0.2) is 5.82 Å². The maximum Gasteiger partial charge on any atom is 0.153 e. The molecule has 0 aliphatic rings. The zero-order chi connectivity index (χ0) is 14.0. The lowest BCUT2D eigenvalue weighted by atomic mass is 10.2. The van der Waals surface area contributed by atoms with Crippen molar-refractivity contribution in [1.29, 1.82) is 5.26 Å². The Morgan fingerprint density at radius 1 is 1.11 bits per heavy atom. The number of aromatic nitrogens is 1. The summed E-state index contributed by atoms with van der Waals surface area (Å²) in [4.78, 5) is 4.04. The van der Waals surface area contributed by atoms with Gasteiger partial charge in [0.25, 0.3) is 0 Å². The normalized spacial score (nSPS) is 10.0. The molecule has 0 aliphatic heterocycles. The lowest BCUT2D eigenvalue weighted by molar-refractivity contribution is 1.29. The second-order valence-corrected chi connectivity index (χ2v) is 4.87. The van der Waals surface area contributed by atoms with Gasteiger partial charge in [-0.15, -0.1) is 0 Å². The molecule has 0 fully saturated rings. The van der Waals surface area contributed by atoms with E-state index in [1.165, 1.54) is 18.3 Å². The number of halogens is 3. The van der Waals surface area contributed by atoms with E-state index in [-0.39, 0.29) is 0 Å². The molecule has 0 radical (unpaired) electrons. The molecule has 1 heterocycles. The highest BCUT2D eigenvalue weighted by molar-refractivity contribution is 6.44. The second-order valence-electron chi connectivity index (χ2n) is 3.64. The predicted octanol–water partition coefficient (Wildman–Crippen LogP) is 4.24. The van der Waals surface area contributed by atoms with Crippen molar-refractivity contribution in [3.8, 4) is 6.07 Å². The third kappa shape index (κ3) is 3.02. The van der Waals surface area contributed by atoms with E-state index in [1.54, 1.807) is 6.07 Å². The van der Waals surface area contributed by atoms with Crippen LogP contribution in [-0.4, -0.2) is 4.98 Å². The Bertz CT molecular complexity index is 679. The van der Waals surface area contributed by atoms with Gasteiger partial charge in [-0.1, -0.05) is 34.8 Å². The van der Waals surface area contributed by atoms with E-state index < -0.39 is 0 Å². The number of benzene rings is 1. The Morgan fingerprint density at radius 3 is 2.42 bits per heavy atom. The van der Waals surface area contributed by atoms with Gasteiger partial charge in [-0.25, -0.2) is 4.98 Å². The Labute approximate surface area is 124 Å². The van der Waals surface area contributed by atoms with Crippen molar-refractivity contribution in [3.05, 3.63) is 45.0 Å². The minimum absolute atomic E-state index is 0.334. The summed E-state index contributed by atoms with van der Waals surface area (Å²) in [6.07, 6.45) is 1.41. The Morgan fingerprint density at radius 2 is 1.79 bits per heavy atom. The van der Waals surface area contributed by atoms with Crippen molar-refractivity contribution < 1.29 is 0 Å². The summed E-state index contributed by atoms with van der Waals surface area (Å²) in [6, 6.07) is 6.56. The molecule has 0 saturated carbocycles. The molecule has 7 heteroatoms. The SMILES string of the molecule is N#Cc1cnc(Nc2cc(Cl)c(Cl)cc2Cl)c(N)c1. The molecule has 1 aromatic heterocycles. The topological polar surface area (TPSA) is 74.7 Å². The summed E-state index contributed by atoms with van der Waals surface area (Å²) in [6.45, 7) is 0. The zero-order valence-corrected chi connectivity index (χ0v) is 11.7. The van der Waals surface area contributed by atoms with Gasteiger partial charge < -0.3 is 11.1 Å². The summed E-state index contributed by atoms with van der Waals surface area (Å²) < 4.78 is 0. The lowest BCUT2D eigenvalue weighted by Crippen LogP contribution is -2.00. The Balaban J connectivity index is 2.37. The van der Waals surface area contributed by atoms with Gasteiger partial charge >= 0.3 is 0 Å². The van der Waals surface area contributed by atoms with Crippen molar-refractivity contribution in [2.24, 2.45) is 0 Å². The molecule has 0 bridgehead atoms. The van der Waals surface area contributed by atoms with Crippen LogP contribution in [0.25, 0.3) is 0 Å². The standard InChI is InChI=1S/C12H7Cl3N4/c13-7-2-9(15)11(3-8(7)14)19-12-10(17)1-6(4-16)5-18-12/h1-3,5H,17H2,(H,18,19). The van der Waals surface area contributed by atoms with Crippen LogP contribution >= 0.6 is 34.8 Å². The Kier molecular flexibility index (Phi) is 4.01. The fourth-order valence-electron chi connectivity index (χ4n) is 1.39. The minimum Gasteiger partial charge on any atom is -0.396 e. The quantitative estimate of drug-likeness (QED) is 0.813. The summed E-state index contributed by atoms with van der Waals surface area (Å²) in [5.74, 6) is 0.388. The molecule has 0 saturated heterocycles. The first kappa shape index (κ1) is 13.8. The molecule has 2 aromatic rings. The molecule has 2 rings (SSSR count). The molecule has 0 amide bonds. The summed E-state index contributed by atoms with van der Waals surface area (Å²) in [5, 5.41) is 12.8. The van der Waals surface area contributed by atoms with Crippen LogP contribution in [0.1, 0.15) is 5.56 Å². The van der Waals surface area contributed by atoms with Gasteiger partial charge in [0.2, 0.25) is 0 Å². The number of nitriles is 1. The summed E-state index contributed by atoms with van der Waals surface area (Å²) in [7, 11) is 0. The summed E-state index contributed by atoms with van der Waals surface area (Å²) >= 11 is 17.8. The first-order valence-electron chi connectivity index (χ1n) is 5.08. The first-order chi connectivity index (χ1) is 9.01. The van der Waals surface area contributed by atoms with Crippen molar-refractivity contribution in [3.63, 3.8) is 0 Å². The zero-order valence-electron chi connectivity index (χ0n) is 9.42. The second kappa shape index (κ2) is 5.54. The van der Waals surface area contributed by atoms with Gasteiger partial charge in [0.05, 0.1) is 32.0 Å². The van der Waals surface area contributed by atoms with Crippen LogP contribution in [-0.2, 0) is 0 Å². The van der Waals surface area contributed by atoms with E-state index in [1.807, 2.05) is 6.07 Å². The molecular weight excluding hydrogens is 307 g/mol. The fraction of sp³-hybridized carbons (Fsp3) is 0.